The van der Waals surface area contributed by atoms with Crippen LogP contribution in [0.1, 0.15) is 79.6 Å². The van der Waals surface area contributed by atoms with Crippen molar-refractivity contribution in [2.45, 2.75) is 91.3 Å². The lowest BCUT2D eigenvalue weighted by atomic mass is 9.42. The van der Waals surface area contributed by atoms with Crippen molar-refractivity contribution in [1.82, 2.24) is 5.32 Å². The molecule has 8 nitrogen and oxygen atoms in total. The van der Waals surface area contributed by atoms with Gasteiger partial charge in [-0.15, -0.1) is 0 Å². The van der Waals surface area contributed by atoms with Gasteiger partial charge in [-0.3, -0.25) is 14.4 Å². The number of rotatable bonds is 7. The molecule has 0 aromatic rings. The molecule has 0 aliphatic heterocycles. The molecule has 0 aromatic heterocycles. The van der Waals surface area contributed by atoms with Gasteiger partial charge in [0.25, 0.3) is 0 Å². The fourth-order valence-electron chi connectivity index (χ4n) is 9.28. The summed E-state index contributed by atoms with van der Waals surface area (Å²) in [6.45, 7) is 8.26. The number of ketones is 2. The number of allylic oxidation sites excluding steroid dienone is 3. The molecule has 3 N–H and O–H groups in total. The molecule has 4 aliphatic rings. The van der Waals surface area contributed by atoms with Crippen molar-refractivity contribution in [3.8, 4) is 0 Å². The van der Waals surface area contributed by atoms with Crippen LogP contribution >= 0.6 is 0 Å². The Labute approximate surface area is 223 Å². The number of alkyl halides is 1. The second-order valence-corrected chi connectivity index (χ2v) is 12.3. The molecule has 0 bridgehead atoms. The molecule has 4 rings (SSSR count). The highest BCUT2D eigenvalue weighted by atomic mass is 19.1. The van der Waals surface area contributed by atoms with Gasteiger partial charge >= 0.3 is 12.1 Å². The molecule has 210 valence electrons. The number of esters is 1. The van der Waals surface area contributed by atoms with Crippen molar-refractivity contribution >= 4 is 23.6 Å². The van der Waals surface area contributed by atoms with E-state index >= 15 is 4.39 Å². The molecule has 4 unspecified atom stereocenters. The van der Waals surface area contributed by atoms with E-state index in [2.05, 4.69) is 5.32 Å². The van der Waals surface area contributed by atoms with E-state index in [0.717, 1.165) is 6.08 Å². The highest BCUT2D eigenvalue weighted by Crippen LogP contribution is 2.74. The predicted molar refractivity (Wildman–Crippen MR) is 137 cm³/mol. The van der Waals surface area contributed by atoms with Crippen LogP contribution < -0.4 is 5.32 Å². The van der Waals surface area contributed by atoms with Crippen LogP contribution in [0.5, 0.6) is 0 Å². The molecule has 38 heavy (non-hydrogen) atoms. The van der Waals surface area contributed by atoms with Gasteiger partial charge in [0, 0.05) is 19.0 Å². The maximum absolute atomic E-state index is 17.5. The normalized spacial score (nSPS) is 40.6. The van der Waals surface area contributed by atoms with Crippen LogP contribution in [0, 0.1) is 34.0 Å². The summed E-state index contributed by atoms with van der Waals surface area (Å²) >= 11 is 0. The van der Waals surface area contributed by atoms with Crippen molar-refractivity contribution in [1.29, 1.82) is 0 Å². The van der Waals surface area contributed by atoms with Gasteiger partial charge in [0.05, 0.1) is 10.8 Å². The molecular formula is C29H40FNO7. The zero-order valence-corrected chi connectivity index (χ0v) is 22.9. The number of amides is 1. The molecule has 3 saturated carbocycles. The van der Waals surface area contributed by atoms with Crippen molar-refractivity contribution in [2.75, 3.05) is 6.61 Å². The third-order valence-corrected chi connectivity index (χ3v) is 10.8. The van der Waals surface area contributed by atoms with E-state index in [9.17, 15) is 29.4 Å². The Balaban J connectivity index is 1.85. The molecule has 9 heteroatoms. The average Bonchev–Trinajstić information content (AvgIpc) is 3.06. The number of fused-ring (bicyclic) bond motifs is 5. The molecule has 0 saturated heterocycles. The quantitative estimate of drug-likeness (QED) is 0.389. The van der Waals surface area contributed by atoms with Gasteiger partial charge in [-0.2, -0.15) is 0 Å². The van der Waals surface area contributed by atoms with Crippen LogP contribution in [0.15, 0.2) is 23.5 Å². The van der Waals surface area contributed by atoms with Gasteiger partial charge < -0.3 is 20.3 Å². The Morgan fingerprint density at radius 3 is 2.50 bits per heavy atom. The van der Waals surface area contributed by atoms with Crippen LogP contribution in [0.2, 0.25) is 0 Å². The molecular weight excluding hydrogens is 493 g/mol. The SMILES string of the molecule is CCCC(NC(=O)O)[C@@]1(C(=O)COC(C)=O)[C@@H](C)CC2C3CCC4=CC(=O)C=C(O)[C@]4(C)C3(F)CC[C@@]21C. The van der Waals surface area contributed by atoms with Gasteiger partial charge in [-0.25, -0.2) is 9.18 Å². The monoisotopic (exact) mass is 533 g/mol. The first-order valence-electron chi connectivity index (χ1n) is 13.7. The van der Waals surface area contributed by atoms with E-state index in [-0.39, 0.29) is 42.0 Å². The second kappa shape index (κ2) is 9.49. The molecule has 0 heterocycles. The van der Waals surface area contributed by atoms with Crippen LogP contribution in [0.3, 0.4) is 0 Å². The molecule has 8 atom stereocenters. The second-order valence-electron chi connectivity index (χ2n) is 12.3. The van der Waals surface area contributed by atoms with Crippen molar-refractivity contribution in [3.05, 3.63) is 23.5 Å². The molecule has 0 radical (unpaired) electrons. The van der Waals surface area contributed by atoms with Crippen LogP contribution in [0.4, 0.5) is 9.18 Å². The molecule has 0 spiro atoms. The maximum Gasteiger partial charge on any atom is 0.404 e. The first-order valence-corrected chi connectivity index (χ1v) is 13.7. The van der Waals surface area contributed by atoms with Crippen molar-refractivity contribution < 1.29 is 38.5 Å². The van der Waals surface area contributed by atoms with E-state index in [1.807, 2.05) is 20.8 Å². The first-order chi connectivity index (χ1) is 17.7. The summed E-state index contributed by atoms with van der Waals surface area (Å²) in [5, 5.41) is 23.3. The summed E-state index contributed by atoms with van der Waals surface area (Å²) in [6.07, 6.45) is 4.10. The zero-order valence-electron chi connectivity index (χ0n) is 22.9. The van der Waals surface area contributed by atoms with Gasteiger partial charge in [-0.1, -0.05) is 27.2 Å². The third-order valence-electron chi connectivity index (χ3n) is 10.8. The van der Waals surface area contributed by atoms with Crippen molar-refractivity contribution in [3.63, 3.8) is 0 Å². The van der Waals surface area contributed by atoms with Gasteiger partial charge in [-0.05, 0) is 80.3 Å². The van der Waals surface area contributed by atoms with Gasteiger partial charge in [0.1, 0.15) is 11.4 Å². The van der Waals surface area contributed by atoms with Crippen LogP contribution in [-0.4, -0.2) is 52.2 Å². The average molecular weight is 534 g/mol. The zero-order chi connectivity index (χ0) is 28.3. The minimum atomic E-state index is -1.84. The standard InChI is InChI=1S/C29H40FNO7/c1-6-7-22(31-25(36)37)29(24(35)15-38-17(3)32)16(2)12-21-20-9-8-18-13-19(33)14-23(34)27(18,5)28(20,30)11-10-26(21,29)4/h13-14,16,20-22,31,34H,6-12,15H2,1-5H3,(H,36,37)/t16-,20?,21?,22?,26-,27+,28?,29+/m0/s1. The fraction of sp³-hybridized carbons (Fsp3) is 0.724. The number of carbonyl (C=O) groups excluding carboxylic acids is 3. The topological polar surface area (TPSA) is 130 Å². The minimum absolute atomic E-state index is 0.0474. The lowest BCUT2D eigenvalue weighted by Crippen LogP contribution is -2.66. The number of hydrogen-bond acceptors (Lipinski definition) is 6. The lowest BCUT2D eigenvalue weighted by Gasteiger charge is -2.62. The van der Waals surface area contributed by atoms with E-state index in [4.69, 9.17) is 4.74 Å². The lowest BCUT2D eigenvalue weighted by molar-refractivity contribution is -0.174. The Bertz CT molecular complexity index is 1120. The fourth-order valence-corrected chi connectivity index (χ4v) is 9.28. The number of ether oxygens (including phenoxy) is 1. The summed E-state index contributed by atoms with van der Waals surface area (Å²) in [5.74, 6) is -2.63. The van der Waals surface area contributed by atoms with Gasteiger partial charge in [0.2, 0.25) is 0 Å². The number of hydrogen-bond donors (Lipinski definition) is 3. The van der Waals surface area contributed by atoms with Crippen LogP contribution in [0.25, 0.3) is 0 Å². The van der Waals surface area contributed by atoms with E-state index in [0.29, 0.717) is 37.7 Å². The smallest absolute Gasteiger partial charge is 0.404 e. The van der Waals surface area contributed by atoms with Gasteiger partial charge in [0.15, 0.2) is 18.2 Å². The Morgan fingerprint density at radius 2 is 1.89 bits per heavy atom. The third kappa shape index (κ3) is 3.67. The number of carboxylic acid groups (broad SMARTS) is 1. The Morgan fingerprint density at radius 1 is 1.21 bits per heavy atom. The number of aliphatic hydroxyl groups is 1. The number of halogens is 1. The largest absolute Gasteiger partial charge is 0.511 e. The molecule has 0 aromatic carbocycles. The highest BCUT2D eigenvalue weighted by Gasteiger charge is 2.75. The Kier molecular flexibility index (Phi) is 7.07. The van der Waals surface area contributed by atoms with Crippen LogP contribution in [-0.2, 0) is 19.1 Å². The summed E-state index contributed by atoms with van der Waals surface area (Å²) in [5.41, 5.74) is -4.56. The highest BCUT2D eigenvalue weighted by molar-refractivity contribution is 6.01. The Hall–Kier alpha value is -2.71. The van der Waals surface area contributed by atoms with Crippen molar-refractivity contribution in [2.24, 2.45) is 34.0 Å². The molecule has 3 fully saturated rings. The summed E-state index contributed by atoms with van der Waals surface area (Å²) < 4.78 is 22.7. The van der Waals surface area contributed by atoms with E-state index < -0.39 is 52.5 Å². The van der Waals surface area contributed by atoms with E-state index in [1.165, 1.54) is 13.0 Å². The number of aliphatic hydroxyl groups excluding tert-OH is 1. The summed E-state index contributed by atoms with van der Waals surface area (Å²) in [7, 11) is 0. The predicted octanol–water partition coefficient (Wildman–Crippen LogP) is 5.07. The molecule has 4 aliphatic carbocycles. The number of Topliss-reactive ketones (excluding diaryl/α,β-unsaturated/α-hetero) is 1. The number of nitrogens with one attached hydrogen (secondary N) is 1. The summed E-state index contributed by atoms with van der Waals surface area (Å²) in [6, 6.07) is -0.736. The molecule has 1 amide bonds. The first kappa shape index (κ1) is 28.3. The number of carbonyl (C=O) groups is 4. The minimum Gasteiger partial charge on any atom is -0.511 e. The maximum atomic E-state index is 17.5. The summed E-state index contributed by atoms with van der Waals surface area (Å²) in [4.78, 5) is 49.9. The van der Waals surface area contributed by atoms with E-state index in [1.54, 1.807) is 6.92 Å².